The van der Waals surface area contributed by atoms with Gasteiger partial charge < -0.3 is 10.1 Å². The van der Waals surface area contributed by atoms with E-state index in [2.05, 4.69) is 19.2 Å². The van der Waals surface area contributed by atoms with E-state index in [0.29, 0.717) is 28.2 Å². The molecule has 1 N–H and O–H groups in total. The molecule has 1 amide bonds. The van der Waals surface area contributed by atoms with Gasteiger partial charge in [-0.2, -0.15) is 5.26 Å². The van der Waals surface area contributed by atoms with Crippen LogP contribution < -0.4 is 10.1 Å². The topological polar surface area (TPSA) is 62.1 Å². The minimum atomic E-state index is -0.133. The molecule has 0 spiro atoms. The zero-order chi connectivity index (χ0) is 16.1. The van der Waals surface area contributed by atoms with Crippen LogP contribution in [0, 0.1) is 23.2 Å². The lowest BCUT2D eigenvalue weighted by atomic mass is 9.78. The van der Waals surface area contributed by atoms with E-state index in [-0.39, 0.29) is 18.6 Å². The molecule has 22 heavy (non-hydrogen) atoms. The number of amides is 1. The van der Waals surface area contributed by atoms with Crippen LogP contribution in [0.3, 0.4) is 0 Å². The summed E-state index contributed by atoms with van der Waals surface area (Å²) in [5.41, 5.74) is 0.465. The van der Waals surface area contributed by atoms with E-state index in [9.17, 15) is 4.79 Å². The van der Waals surface area contributed by atoms with Gasteiger partial charge in [-0.3, -0.25) is 4.79 Å². The lowest BCUT2D eigenvalue weighted by Gasteiger charge is -2.34. The molecule has 1 aromatic rings. The molecule has 4 nitrogen and oxygen atoms in total. The summed E-state index contributed by atoms with van der Waals surface area (Å²) >= 11 is 6.02. The van der Waals surface area contributed by atoms with Gasteiger partial charge in [-0.1, -0.05) is 38.3 Å². The van der Waals surface area contributed by atoms with Crippen molar-refractivity contribution in [1.29, 1.82) is 5.26 Å². The second-order valence-electron chi connectivity index (χ2n) is 5.99. The van der Waals surface area contributed by atoms with Gasteiger partial charge in [-0.15, -0.1) is 0 Å². The van der Waals surface area contributed by atoms with Gasteiger partial charge in [0.05, 0.1) is 16.7 Å². The van der Waals surface area contributed by atoms with Crippen LogP contribution in [0.1, 0.15) is 38.7 Å². The Bertz CT molecular complexity index is 583. The Kier molecular flexibility index (Phi) is 5.68. The van der Waals surface area contributed by atoms with Gasteiger partial charge in [0.2, 0.25) is 0 Å². The van der Waals surface area contributed by atoms with E-state index in [1.54, 1.807) is 12.1 Å². The summed E-state index contributed by atoms with van der Waals surface area (Å²) in [6.45, 7) is 4.35. The van der Waals surface area contributed by atoms with Gasteiger partial charge in [0.25, 0.3) is 5.91 Å². The van der Waals surface area contributed by atoms with Crippen molar-refractivity contribution in [3.8, 4) is 11.8 Å². The highest BCUT2D eigenvalue weighted by Crippen LogP contribution is 2.29. The Hall–Kier alpha value is -1.73. The van der Waals surface area contributed by atoms with Crippen molar-refractivity contribution in [2.24, 2.45) is 11.8 Å². The first kappa shape index (κ1) is 16.6. The number of benzene rings is 1. The molecule has 3 atom stereocenters. The zero-order valence-corrected chi connectivity index (χ0v) is 13.7. The highest BCUT2D eigenvalue weighted by atomic mass is 35.5. The molecule has 0 unspecified atom stereocenters. The standard InChI is InChI=1S/C17H21ClN2O2/c1-11-4-3-5-15(12(11)2)20-17(21)10-22-16-7-6-13(9-19)8-14(16)18/h6-8,11-12,15H,3-5,10H2,1-2H3,(H,20,21)/t11-,12-,15-/m1/s1. The molecule has 118 valence electrons. The van der Waals surface area contributed by atoms with E-state index >= 15 is 0 Å². The van der Waals surface area contributed by atoms with Gasteiger partial charge >= 0.3 is 0 Å². The molecule has 2 rings (SSSR count). The third kappa shape index (κ3) is 4.14. The molecule has 1 aliphatic rings. The summed E-state index contributed by atoms with van der Waals surface area (Å²) in [6.07, 6.45) is 3.40. The van der Waals surface area contributed by atoms with Crippen molar-refractivity contribution in [2.75, 3.05) is 6.61 Å². The van der Waals surface area contributed by atoms with E-state index in [1.165, 1.54) is 12.5 Å². The molecule has 0 aliphatic heterocycles. The summed E-state index contributed by atoms with van der Waals surface area (Å²) < 4.78 is 5.45. The first-order valence-corrected chi connectivity index (χ1v) is 8.01. The normalized spacial score (nSPS) is 24.4. The van der Waals surface area contributed by atoms with Crippen LogP contribution in [0.25, 0.3) is 0 Å². The van der Waals surface area contributed by atoms with Crippen molar-refractivity contribution in [3.63, 3.8) is 0 Å². The second kappa shape index (κ2) is 7.51. The van der Waals surface area contributed by atoms with Crippen molar-refractivity contribution >= 4 is 17.5 Å². The molecule has 1 fully saturated rings. The number of nitrogens with zero attached hydrogens (tertiary/aromatic N) is 1. The van der Waals surface area contributed by atoms with Crippen LogP contribution in [0.2, 0.25) is 5.02 Å². The van der Waals surface area contributed by atoms with Crippen LogP contribution >= 0.6 is 11.6 Å². The van der Waals surface area contributed by atoms with Gasteiger partial charge in [0, 0.05) is 6.04 Å². The number of carbonyl (C=O) groups is 1. The molecule has 0 heterocycles. The highest BCUT2D eigenvalue weighted by molar-refractivity contribution is 6.32. The maximum atomic E-state index is 12.0. The number of hydrogen-bond acceptors (Lipinski definition) is 3. The minimum Gasteiger partial charge on any atom is -0.482 e. The Morgan fingerprint density at radius 1 is 1.45 bits per heavy atom. The average molecular weight is 321 g/mol. The molecular weight excluding hydrogens is 300 g/mol. The SMILES string of the molecule is C[C@@H]1[C@H](C)CCC[C@H]1NC(=O)COc1ccc(C#N)cc1Cl. The Labute approximate surface area is 136 Å². The smallest absolute Gasteiger partial charge is 0.258 e. The molecular formula is C17H21ClN2O2. The third-order valence-corrected chi connectivity index (χ3v) is 4.77. The zero-order valence-electron chi connectivity index (χ0n) is 12.9. The fourth-order valence-corrected chi connectivity index (χ4v) is 3.10. The summed E-state index contributed by atoms with van der Waals surface area (Å²) in [6, 6.07) is 6.98. The number of halogens is 1. The first-order valence-electron chi connectivity index (χ1n) is 7.63. The van der Waals surface area contributed by atoms with Crippen LogP contribution in [0.15, 0.2) is 18.2 Å². The predicted molar refractivity (Wildman–Crippen MR) is 85.8 cm³/mol. The number of rotatable bonds is 4. The minimum absolute atomic E-state index is 0.0662. The molecule has 0 bridgehead atoms. The molecule has 1 saturated carbocycles. The summed E-state index contributed by atoms with van der Waals surface area (Å²) in [4.78, 5) is 12.0. The number of nitriles is 1. The fourth-order valence-electron chi connectivity index (χ4n) is 2.86. The van der Waals surface area contributed by atoms with Crippen molar-refractivity contribution in [1.82, 2.24) is 5.32 Å². The Morgan fingerprint density at radius 3 is 2.91 bits per heavy atom. The number of carbonyl (C=O) groups excluding carboxylic acids is 1. The lowest BCUT2D eigenvalue weighted by Crippen LogP contribution is -2.45. The molecule has 0 saturated heterocycles. The van der Waals surface area contributed by atoms with Gasteiger partial charge in [-0.05, 0) is 36.5 Å². The summed E-state index contributed by atoms with van der Waals surface area (Å²) in [5, 5.41) is 12.2. The summed E-state index contributed by atoms with van der Waals surface area (Å²) in [5.74, 6) is 1.40. The van der Waals surface area contributed by atoms with Crippen LogP contribution in [-0.2, 0) is 4.79 Å². The van der Waals surface area contributed by atoms with E-state index in [1.807, 2.05) is 6.07 Å². The quantitative estimate of drug-likeness (QED) is 0.923. The van der Waals surface area contributed by atoms with Crippen molar-refractivity contribution < 1.29 is 9.53 Å². The van der Waals surface area contributed by atoms with Crippen LogP contribution in [0.5, 0.6) is 5.75 Å². The van der Waals surface area contributed by atoms with Gasteiger partial charge in [0.15, 0.2) is 6.61 Å². The highest BCUT2D eigenvalue weighted by Gasteiger charge is 2.28. The van der Waals surface area contributed by atoms with Crippen LogP contribution in [-0.4, -0.2) is 18.6 Å². The van der Waals surface area contributed by atoms with Gasteiger partial charge in [0.1, 0.15) is 5.75 Å². The average Bonchev–Trinajstić information content (AvgIpc) is 2.50. The third-order valence-electron chi connectivity index (χ3n) is 4.47. The maximum Gasteiger partial charge on any atom is 0.258 e. The first-order chi connectivity index (χ1) is 10.5. The lowest BCUT2D eigenvalue weighted by molar-refractivity contribution is -0.124. The predicted octanol–water partition coefficient (Wildman–Crippen LogP) is 3.53. The van der Waals surface area contributed by atoms with Crippen LogP contribution in [0.4, 0.5) is 0 Å². The number of nitrogens with one attached hydrogen (secondary N) is 1. The van der Waals surface area contributed by atoms with Crippen molar-refractivity contribution in [2.45, 2.75) is 39.2 Å². The maximum absolute atomic E-state index is 12.0. The second-order valence-corrected chi connectivity index (χ2v) is 6.39. The van der Waals surface area contributed by atoms with E-state index < -0.39 is 0 Å². The summed E-state index contributed by atoms with van der Waals surface area (Å²) in [7, 11) is 0. The molecule has 0 radical (unpaired) electrons. The van der Waals surface area contributed by atoms with E-state index in [0.717, 1.165) is 12.8 Å². The molecule has 5 heteroatoms. The molecule has 1 aromatic carbocycles. The largest absolute Gasteiger partial charge is 0.482 e. The molecule has 0 aromatic heterocycles. The van der Waals surface area contributed by atoms with Crippen molar-refractivity contribution in [3.05, 3.63) is 28.8 Å². The monoisotopic (exact) mass is 320 g/mol. The number of hydrogen-bond donors (Lipinski definition) is 1. The Balaban J connectivity index is 1.86. The molecule has 1 aliphatic carbocycles. The van der Waals surface area contributed by atoms with Gasteiger partial charge in [-0.25, -0.2) is 0 Å². The Morgan fingerprint density at radius 2 is 2.23 bits per heavy atom. The van der Waals surface area contributed by atoms with E-state index in [4.69, 9.17) is 21.6 Å². The number of ether oxygens (including phenoxy) is 1. The fraction of sp³-hybridized carbons (Fsp3) is 0.529.